The normalized spacial score (nSPS) is 10.8. The predicted molar refractivity (Wildman–Crippen MR) is 115 cm³/mol. The molecule has 0 atom stereocenters. The molecule has 0 bridgehead atoms. The third-order valence-corrected chi connectivity index (χ3v) is 4.74. The molecule has 4 rings (SSSR count). The maximum atomic E-state index is 13.7. The summed E-state index contributed by atoms with van der Waals surface area (Å²) in [7, 11) is 0. The van der Waals surface area contributed by atoms with Crippen molar-refractivity contribution in [2.24, 2.45) is 0 Å². The number of hydrogen-bond acceptors (Lipinski definition) is 4. The molecule has 1 N–H and O–H groups in total. The van der Waals surface area contributed by atoms with Crippen molar-refractivity contribution >= 4 is 28.4 Å². The first-order chi connectivity index (χ1) is 15.0. The Kier molecular flexibility index (Phi) is 5.75. The van der Waals surface area contributed by atoms with Gasteiger partial charge in [0.05, 0.1) is 23.9 Å². The molecular formula is C24H20FN3O3. The Hall–Kier alpha value is -4.00. The molecule has 156 valence electrons. The Balaban J connectivity index is 1.66. The van der Waals surface area contributed by atoms with Crippen LogP contribution in [-0.2, 0) is 11.3 Å². The second kappa shape index (κ2) is 8.79. The van der Waals surface area contributed by atoms with Gasteiger partial charge in [-0.25, -0.2) is 4.39 Å². The van der Waals surface area contributed by atoms with Crippen molar-refractivity contribution in [2.45, 2.75) is 13.5 Å². The van der Waals surface area contributed by atoms with Gasteiger partial charge in [0, 0.05) is 22.8 Å². The smallest absolute Gasteiger partial charge is 0.255 e. The minimum Gasteiger partial charge on any atom is -0.467 e. The monoisotopic (exact) mass is 417 g/mol. The number of anilines is 1. The minimum atomic E-state index is -0.432. The average Bonchev–Trinajstić information content (AvgIpc) is 3.25. The molecule has 2 heterocycles. The van der Waals surface area contributed by atoms with Crippen molar-refractivity contribution in [3.05, 3.63) is 95.8 Å². The molecule has 0 saturated heterocycles. The Labute approximate surface area is 178 Å². The van der Waals surface area contributed by atoms with Gasteiger partial charge in [-0.2, -0.15) is 0 Å². The van der Waals surface area contributed by atoms with Crippen molar-refractivity contribution in [1.82, 2.24) is 9.88 Å². The molecule has 0 fully saturated rings. The van der Waals surface area contributed by atoms with Crippen LogP contribution in [0, 0.1) is 12.7 Å². The van der Waals surface area contributed by atoms with Gasteiger partial charge in [-0.15, -0.1) is 0 Å². The molecule has 4 aromatic rings. The van der Waals surface area contributed by atoms with Crippen LogP contribution in [0.4, 0.5) is 10.1 Å². The number of nitrogens with one attached hydrogen (secondary N) is 1. The largest absolute Gasteiger partial charge is 0.467 e. The van der Waals surface area contributed by atoms with Gasteiger partial charge in [0.1, 0.15) is 18.1 Å². The fourth-order valence-corrected chi connectivity index (χ4v) is 3.37. The number of para-hydroxylation sites is 1. The Morgan fingerprint density at radius 1 is 1.06 bits per heavy atom. The van der Waals surface area contributed by atoms with Crippen LogP contribution in [0.5, 0.6) is 0 Å². The van der Waals surface area contributed by atoms with Gasteiger partial charge >= 0.3 is 0 Å². The highest BCUT2D eigenvalue weighted by atomic mass is 19.1. The lowest BCUT2D eigenvalue weighted by Gasteiger charge is -2.22. The van der Waals surface area contributed by atoms with E-state index in [0.717, 1.165) is 0 Å². The second-order valence-electron chi connectivity index (χ2n) is 7.13. The second-order valence-corrected chi connectivity index (χ2v) is 7.13. The standard InChI is InChI=1S/C24H20FN3O3/c1-16-12-21(20-10-9-17(25)13-22(20)26-16)24(30)28(14-19-8-5-11-31-19)15-23(29)27-18-6-3-2-4-7-18/h2-13H,14-15H2,1H3,(H,27,29). The number of hydrogen-bond donors (Lipinski definition) is 1. The number of aromatic nitrogens is 1. The maximum Gasteiger partial charge on any atom is 0.255 e. The van der Waals surface area contributed by atoms with Crippen LogP contribution in [-0.4, -0.2) is 28.2 Å². The number of amides is 2. The summed E-state index contributed by atoms with van der Waals surface area (Å²) in [6, 6.07) is 18.2. The van der Waals surface area contributed by atoms with Crippen LogP contribution < -0.4 is 5.32 Å². The molecule has 7 heteroatoms. The number of furan rings is 1. The van der Waals surface area contributed by atoms with E-state index in [2.05, 4.69) is 10.3 Å². The number of pyridine rings is 1. The molecule has 0 saturated carbocycles. The van der Waals surface area contributed by atoms with Gasteiger partial charge in [0.15, 0.2) is 0 Å². The molecular weight excluding hydrogens is 397 g/mol. The van der Waals surface area contributed by atoms with Gasteiger partial charge in [-0.05, 0) is 49.4 Å². The first kappa shape index (κ1) is 20.3. The number of fused-ring (bicyclic) bond motifs is 1. The molecule has 0 aliphatic rings. The quantitative estimate of drug-likeness (QED) is 0.499. The van der Waals surface area contributed by atoms with Crippen molar-refractivity contribution in [1.29, 1.82) is 0 Å². The van der Waals surface area contributed by atoms with E-state index in [1.165, 1.54) is 29.4 Å². The molecule has 0 spiro atoms. The molecule has 6 nitrogen and oxygen atoms in total. The fourth-order valence-electron chi connectivity index (χ4n) is 3.37. The highest BCUT2D eigenvalue weighted by Crippen LogP contribution is 2.22. The molecule has 0 aliphatic carbocycles. The Bertz CT molecular complexity index is 1220. The van der Waals surface area contributed by atoms with E-state index in [1.807, 2.05) is 18.2 Å². The van der Waals surface area contributed by atoms with Crippen LogP contribution in [0.25, 0.3) is 10.9 Å². The Morgan fingerprint density at radius 3 is 2.61 bits per heavy atom. The SMILES string of the molecule is Cc1cc(C(=O)N(CC(=O)Nc2ccccc2)Cc2ccco2)c2ccc(F)cc2n1. The Morgan fingerprint density at radius 2 is 1.87 bits per heavy atom. The van der Waals surface area contributed by atoms with E-state index in [1.54, 1.807) is 37.3 Å². The minimum absolute atomic E-state index is 0.109. The third kappa shape index (κ3) is 4.78. The fraction of sp³-hybridized carbons (Fsp3) is 0.125. The highest BCUT2D eigenvalue weighted by molar-refractivity contribution is 6.07. The van der Waals surface area contributed by atoms with Crippen LogP contribution in [0.2, 0.25) is 0 Å². The van der Waals surface area contributed by atoms with Crippen molar-refractivity contribution in [3.8, 4) is 0 Å². The number of aryl methyl sites for hydroxylation is 1. The molecule has 31 heavy (non-hydrogen) atoms. The number of carbonyl (C=O) groups is 2. The van der Waals surface area contributed by atoms with Crippen molar-refractivity contribution < 1.29 is 18.4 Å². The van der Waals surface area contributed by atoms with Crippen LogP contribution in [0.15, 0.2) is 77.4 Å². The van der Waals surface area contributed by atoms with Gasteiger partial charge in [0.25, 0.3) is 5.91 Å². The molecule has 2 amide bonds. The van der Waals surface area contributed by atoms with Crippen molar-refractivity contribution in [3.63, 3.8) is 0 Å². The van der Waals surface area contributed by atoms with Gasteiger partial charge < -0.3 is 14.6 Å². The lowest BCUT2D eigenvalue weighted by Crippen LogP contribution is -2.37. The summed E-state index contributed by atoms with van der Waals surface area (Å²) in [6.07, 6.45) is 1.51. The average molecular weight is 417 g/mol. The third-order valence-electron chi connectivity index (χ3n) is 4.74. The summed E-state index contributed by atoms with van der Waals surface area (Å²) in [5.74, 6) is -0.602. The zero-order valence-electron chi connectivity index (χ0n) is 16.8. The van der Waals surface area contributed by atoms with Crippen LogP contribution in [0.1, 0.15) is 21.8 Å². The number of halogens is 1. The topological polar surface area (TPSA) is 75.4 Å². The van der Waals surface area contributed by atoms with Gasteiger partial charge in [0.2, 0.25) is 5.91 Å². The first-order valence-electron chi connectivity index (χ1n) is 9.73. The zero-order chi connectivity index (χ0) is 21.8. The van der Waals surface area contributed by atoms with Crippen molar-refractivity contribution in [2.75, 3.05) is 11.9 Å². The van der Waals surface area contributed by atoms with Gasteiger partial charge in [-0.3, -0.25) is 14.6 Å². The summed E-state index contributed by atoms with van der Waals surface area (Å²) in [4.78, 5) is 31.9. The molecule has 2 aromatic carbocycles. The van der Waals surface area contributed by atoms with E-state index < -0.39 is 5.82 Å². The lowest BCUT2D eigenvalue weighted by molar-refractivity contribution is -0.117. The number of benzene rings is 2. The summed E-state index contributed by atoms with van der Waals surface area (Å²) in [5.41, 5.74) is 1.95. The summed E-state index contributed by atoms with van der Waals surface area (Å²) in [5, 5.41) is 3.31. The summed E-state index contributed by atoms with van der Waals surface area (Å²) >= 11 is 0. The lowest BCUT2D eigenvalue weighted by atomic mass is 10.1. The molecule has 0 radical (unpaired) electrons. The number of nitrogens with zero attached hydrogens (tertiary/aromatic N) is 2. The number of carbonyl (C=O) groups excluding carboxylic acids is 2. The van der Waals surface area contributed by atoms with Gasteiger partial charge in [-0.1, -0.05) is 18.2 Å². The molecule has 0 unspecified atom stereocenters. The number of rotatable bonds is 6. The van der Waals surface area contributed by atoms with Crippen LogP contribution in [0.3, 0.4) is 0 Å². The zero-order valence-corrected chi connectivity index (χ0v) is 16.8. The predicted octanol–water partition coefficient (Wildman–Crippen LogP) is 4.56. The molecule has 0 aliphatic heterocycles. The highest BCUT2D eigenvalue weighted by Gasteiger charge is 2.23. The summed E-state index contributed by atoms with van der Waals surface area (Å²) in [6.45, 7) is 1.66. The summed E-state index contributed by atoms with van der Waals surface area (Å²) < 4.78 is 19.1. The first-order valence-corrected chi connectivity index (χ1v) is 9.73. The van der Waals surface area contributed by atoms with E-state index in [4.69, 9.17) is 4.42 Å². The van der Waals surface area contributed by atoms with E-state index in [9.17, 15) is 14.0 Å². The van der Waals surface area contributed by atoms with E-state index >= 15 is 0 Å². The van der Waals surface area contributed by atoms with Crippen LogP contribution >= 0.6 is 0 Å². The van der Waals surface area contributed by atoms with E-state index in [0.29, 0.717) is 33.6 Å². The molecule has 2 aromatic heterocycles. The van der Waals surface area contributed by atoms with E-state index in [-0.39, 0.29) is 24.9 Å². The maximum absolute atomic E-state index is 13.7.